The first kappa shape index (κ1) is 18.3. The summed E-state index contributed by atoms with van der Waals surface area (Å²) >= 11 is 0. The predicted octanol–water partition coefficient (Wildman–Crippen LogP) is 0.672. The van der Waals surface area contributed by atoms with E-state index < -0.39 is 9.84 Å². The molecule has 27 heavy (non-hydrogen) atoms. The van der Waals surface area contributed by atoms with Gasteiger partial charge in [0, 0.05) is 43.9 Å². The molecule has 0 N–H and O–H groups in total. The van der Waals surface area contributed by atoms with Crippen molar-refractivity contribution in [3.05, 3.63) is 52.8 Å². The van der Waals surface area contributed by atoms with Crippen molar-refractivity contribution >= 4 is 9.84 Å². The molecule has 2 aliphatic rings. The molecule has 1 aromatic carbocycles. The number of nitrogens with zero attached hydrogens (tertiary/aromatic N) is 4. The zero-order valence-electron chi connectivity index (χ0n) is 15.2. The topological polar surface area (TPSA) is 75.5 Å². The third-order valence-corrected chi connectivity index (χ3v) is 7.15. The molecule has 0 unspecified atom stereocenters. The molecule has 0 amide bonds. The summed E-state index contributed by atoms with van der Waals surface area (Å²) in [6.45, 7) is 3.72. The van der Waals surface area contributed by atoms with Gasteiger partial charge in [-0.3, -0.25) is 14.6 Å². The average molecular weight is 388 g/mol. The van der Waals surface area contributed by atoms with Gasteiger partial charge in [0.05, 0.1) is 23.9 Å². The minimum absolute atomic E-state index is 0.112. The Morgan fingerprint density at radius 1 is 1.00 bits per heavy atom. The van der Waals surface area contributed by atoms with Gasteiger partial charge in [-0.1, -0.05) is 30.3 Å². The molecule has 2 aliphatic heterocycles. The highest BCUT2D eigenvalue weighted by atomic mass is 32.2. The van der Waals surface area contributed by atoms with Crippen LogP contribution < -0.4 is 5.56 Å². The standard InChI is InChI=1S/C19H24N4O3S/c24-19-7-6-18(16-4-2-1-3-5-16)20-23(19)15-21-9-11-22(12-10-21)17-8-13-27(25,26)14-17/h1-7,17H,8-15H2/t17-/m0/s1. The molecule has 1 atom stereocenters. The maximum atomic E-state index is 12.2. The lowest BCUT2D eigenvalue weighted by atomic mass is 10.1. The van der Waals surface area contributed by atoms with Crippen molar-refractivity contribution in [2.45, 2.75) is 19.1 Å². The Morgan fingerprint density at radius 2 is 1.74 bits per heavy atom. The summed E-state index contributed by atoms with van der Waals surface area (Å²) in [6, 6.07) is 13.3. The number of sulfone groups is 1. The number of hydrogen-bond acceptors (Lipinski definition) is 6. The summed E-state index contributed by atoms with van der Waals surface area (Å²) < 4.78 is 24.9. The Hall–Kier alpha value is -2.03. The quantitative estimate of drug-likeness (QED) is 0.767. The fraction of sp³-hybridized carbons (Fsp3) is 0.474. The van der Waals surface area contributed by atoms with E-state index in [1.807, 2.05) is 30.3 Å². The SMILES string of the molecule is O=c1ccc(-c2ccccc2)nn1CN1CCN([C@H]2CCS(=O)(=O)C2)CC1. The summed E-state index contributed by atoms with van der Waals surface area (Å²) in [5, 5.41) is 4.52. The van der Waals surface area contributed by atoms with Gasteiger partial charge in [-0.25, -0.2) is 13.1 Å². The molecule has 0 aliphatic carbocycles. The van der Waals surface area contributed by atoms with Gasteiger partial charge >= 0.3 is 0 Å². The number of rotatable bonds is 4. The van der Waals surface area contributed by atoms with E-state index in [9.17, 15) is 13.2 Å². The Balaban J connectivity index is 1.40. The van der Waals surface area contributed by atoms with Crippen LogP contribution in [0.4, 0.5) is 0 Å². The van der Waals surface area contributed by atoms with Crippen molar-refractivity contribution in [2.24, 2.45) is 0 Å². The number of aromatic nitrogens is 2. The van der Waals surface area contributed by atoms with E-state index in [-0.39, 0.29) is 17.4 Å². The first-order chi connectivity index (χ1) is 13.0. The van der Waals surface area contributed by atoms with Crippen LogP contribution in [0.3, 0.4) is 0 Å². The van der Waals surface area contributed by atoms with Crippen LogP contribution in [0.25, 0.3) is 11.3 Å². The van der Waals surface area contributed by atoms with Crippen LogP contribution in [0.5, 0.6) is 0 Å². The molecule has 0 spiro atoms. The Labute approximate surface area is 159 Å². The normalized spacial score (nSPS) is 23.5. The van der Waals surface area contributed by atoms with Gasteiger partial charge in [0.2, 0.25) is 0 Å². The van der Waals surface area contributed by atoms with E-state index in [1.165, 1.54) is 4.68 Å². The molecule has 4 rings (SSSR count). The second kappa shape index (κ2) is 7.53. The van der Waals surface area contributed by atoms with E-state index in [1.54, 1.807) is 12.1 Å². The Kier molecular flexibility index (Phi) is 5.12. The van der Waals surface area contributed by atoms with Crippen LogP contribution in [0, 0.1) is 0 Å². The molecule has 0 bridgehead atoms. The maximum Gasteiger partial charge on any atom is 0.268 e. The predicted molar refractivity (Wildman–Crippen MR) is 104 cm³/mol. The monoisotopic (exact) mass is 388 g/mol. The number of hydrogen-bond donors (Lipinski definition) is 0. The zero-order valence-corrected chi connectivity index (χ0v) is 16.0. The van der Waals surface area contributed by atoms with Gasteiger partial charge in [0.1, 0.15) is 0 Å². The van der Waals surface area contributed by atoms with Gasteiger partial charge in [-0.2, -0.15) is 5.10 Å². The van der Waals surface area contributed by atoms with Crippen molar-refractivity contribution in [1.82, 2.24) is 19.6 Å². The number of benzene rings is 1. The molecule has 1 aromatic heterocycles. The average Bonchev–Trinajstić information content (AvgIpc) is 3.05. The highest BCUT2D eigenvalue weighted by Gasteiger charge is 2.33. The van der Waals surface area contributed by atoms with Gasteiger partial charge in [-0.15, -0.1) is 0 Å². The van der Waals surface area contributed by atoms with Gasteiger partial charge in [-0.05, 0) is 12.5 Å². The van der Waals surface area contributed by atoms with Crippen molar-refractivity contribution in [2.75, 3.05) is 37.7 Å². The Morgan fingerprint density at radius 3 is 2.41 bits per heavy atom. The Bertz CT molecular complexity index is 950. The van der Waals surface area contributed by atoms with Crippen LogP contribution in [0.2, 0.25) is 0 Å². The third kappa shape index (κ3) is 4.28. The highest BCUT2D eigenvalue weighted by molar-refractivity contribution is 7.91. The lowest BCUT2D eigenvalue weighted by Gasteiger charge is -2.37. The smallest absolute Gasteiger partial charge is 0.268 e. The van der Waals surface area contributed by atoms with Crippen molar-refractivity contribution < 1.29 is 8.42 Å². The molecule has 7 nitrogen and oxygen atoms in total. The van der Waals surface area contributed by atoms with Gasteiger partial charge in [0.25, 0.3) is 5.56 Å². The fourth-order valence-corrected chi connectivity index (χ4v) is 5.60. The van der Waals surface area contributed by atoms with Crippen LogP contribution >= 0.6 is 0 Å². The van der Waals surface area contributed by atoms with Crippen LogP contribution in [0.15, 0.2) is 47.3 Å². The van der Waals surface area contributed by atoms with E-state index in [2.05, 4.69) is 14.9 Å². The second-order valence-electron chi connectivity index (χ2n) is 7.27. The first-order valence-electron chi connectivity index (χ1n) is 9.31. The molecule has 144 valence electrons. The summed E-state index contributed by atoms with van der Waals surface area (Å²) in [5.41, 5.74) is 1.66. The molecule has 2 fully saturated rings. The molecule has 8 heteroatoms. The lowest BCUT2D eigenvalue weighted by molar-refractivity contribution is 0.0800. The molecule has 2 saturated heterocycles. The van der Waals surface area contributed by atoms with E-state index >= 15 is 0 Å². The molecular formula is C19H24N4O3S. The van der Waals surface area contributed by atoms with Crippen molar-refractivity contribution in [3.63, 3.8) is 0 Å². The van der Waals surface area contributed by atoms with E-state index in [4.69, 9.17) is 0 Å². The fourth-order valence-electron chi connectivity index (χ4n) is 3.84. The largest absolute Gasteiger partial charge is 0.297 e. The summed E-state index contributed by atoms with van der Waals surface area (Å²) in [4.78, 5) is 16.7. The molecule has 3 heterocycles. The molecule has 0 radical (unpaired) electrons. The third-order valence-electron chi connectivity index (χ3n) is 5.40. The van der Waals surface area contributed by atoms with Crippen molar-refractivity contribution in [3.8, 4) is 11.3 Å². The van der Waals surface area contributed by atoms with Crippen molar-refractivity contribution in [1.29, 1.82) is 0 Å². The molecular weight excluding hydrogens is 364 g/mol. The van der Waals surface area contributed by atoms with Gasteiger partial charge < -0.3 is 0 Å². The van der Waals surface area contributed by atoms with Crippen LogP contribution in [-0.4, -0.2) is 71.7 Å². The summed E-state index contributed by atoms with van der Waals surface area (Å²) in [6.07, 6.45) is 0.739. The van der Waals surface area contributed by atoms with E-state index in [0.29, 0.717) is 12.4 Å². The minimum atomic E-state index is -2.85. The second-order valence-corrected chi connectivity index (χ2v) is 9.50. The van der Waals surface area contributed by atoms with Crippen LogP contribution in [-0.2, 0) is 16.5 Å². The molecule has 2 aromatic rings. The number of piperazine rings is 1. The van der Waals surface area contributed by atoms with E-state index in [0.717, 1.165) is 43.9 Å². The molecule has 0 saturated carbocycles. The minimum Gasteiger partial charge on any atom is -0.297 e. The lowest BCUT2D eigenvalue weighted by Crippen LogP contribution is -2.51. The summed E-state index contributed by atoms with van der Waals surface area (Å²) in [7, 11) is -2.85. The van der Waals surface area contributed by atoms with Gasteiger partial charge in [0.15, 0.2) is 9.84 Å². The summed E-state index contributed by atoms with van der Waals surface area (Å²) in [5.74, 6) is 0.594. The maximum absolute atomic E-state index is 12.2. The van der Waals surface area contributed by atoms with Crippen LogP contribution in [0.1, 0.15) is 6.42 Å². The first-order valence-corrected chi connectivity index (χ1v) is 11.1. The highest BCUT2D eigenvalue weighted by Crippen LogP contribution is 2.19. The zero-order chi connectivity index (χ0) is 18.9.